The molecule has 0 spiro atoms. The van der Waals surface area contributed by atoms with Crippen LogP contribution in [0.25, 0.3) is 0 Å². The Morgan fingerprint density at radius 2 is 2.22 bits per heavy atom. The largest absolute Gasteiger partial charge is 0.493 e. The highest BCUT2D eigenvalue weighted by Crippen LogP contribution is 2.12. The first kappa shape index (κ1) is 12.6. The van der Waals surface area contributed by atoms with Crippen LogP contribution in [-0.4, -0.2) is 21.4 Å². The molecule has 18 heavy (non-hydrogen) atoms. The third-order valence-corrected chi connectivity index (χ3v) is 2.74. The van der Waals surface area contributed by atoms with Gasteiger partial charge >= 0.3 is 0 Å². The van der Waals surface area contributed by atoms with E-state index in [0.29, 0.717) is 6.61 Å². The van der Waals surface area contributed by atoms with Crippen LogP contribution < -0.4 is 4.74 Å². The van der Waals surface area contributed by atoms with Gasteiger partial charge in [-0.05, 0) is 31.0 Å². The Hall–Kier alpha value is -1.84. The number of ether oxygens (including phenoxy) is 1. The predicted octanol–water partition coefficient (Wildman–Crippen LogP) is 2.62. The smallest absolute Gasteiger partial charge is 0.136 e. The fourth-order valence-corrected chi connectivity index (χ4v) is 1.87. The van der Waals surface area contributed by atoms with Gasteiger partial charge in [-0.3, -0.25) is 0 Å². The summed E-state index contributed by atoms with van der Waals surface area (Å²) in [6, 6.07) is 8.08. The van der Waals surface area contributed by atoms with Gasteiger partial charge in [0.15, 0.2) is 0 Å². The Labute approximate surface area is 108 Å². The van der Waals surface area contributed by atoms with Crippen molar-refractivity contribution >= 4 is 0 Å². The van der Waals surface area contributed by atoms with E-state index >= 15 is 0 Å². The van der Waals surface area contributed by atoms with E-state index in [0.717, 1.165) is 31.0 Å². The van der Waals surface area contributed by atoms with Gasteiger partial charge in [0, 0.05) is 13.0 Å². The molecule has 0 saturated carbocycles. The lowest BCUT2D eigenvalue weighted by molar-refractivity contribution is 0.316. The Bertz CT molecular complexity index is 493. The summed E-state index contributed by atoms with van der Waals surface area (Å²) in [6.07, 6.45) is 3.66. The zero-order valence-corrected chi connectivity index (χ0v) is 11.0. The van der Waals surface area contributed by atoms with Crippen LogP contribution in [0.4, 0.5) is 0 Å². The topological polar surface area (TPSA) is 39.9 Å². The SMILES string of the molecule is CCCn1cnnc1CCOc1cccc(C)c1. The Kier molecular flexibility index (Phi) is 4.34. The first-order chi connectivity index (χ1) is 8.79. The quantitative estimate of drug-likeness (QED) is 0.785. The molecule has 0 bridgehead atoms. The maximum atomic E-state index is 5.71. The number of hydrogen-bond donors (Lipinski definition) is 0. The van der Waals surface area contributed by atoms with Gasteiger partial charge in [-0.1, -0.05) is 19.1 Å². The Morgan fingerprint density at radius 1 is 1.33 bits per heavy atom. The van der Waals surface area contributed by atoms with Crippen molar-refractivity contribution in [3.05, 3.63) is 42.0 Å². The molecule has 1 aromatic heterocycles. The summed E-state index contributed by atoms with van der Waals surface area (Å²) < 4.78 is 7.80. The molecule has 1 aromatic carbocycles. The van der Waals surface area contributed by atoms with Crippen molar-refractivity contribution in [2.24, 2.45) is 0 Å². The fraction of sp³-hybridized carbons (Fsp3) is 0.429. The molecule has 0 amide bonds. The van der Waals surface area contributed by atoms with E-state index in [1.807, 2.05) is 18.2 Å². The lowest BCUT2D eigenvalue weighted by atomic mass is 10.2. The van der Waals surface area contributed by atoms with Crippen LogP contribution in [0.3, 0.4) is 0 Å². The minimum absolute atomic E-state index is 0.631. The average Bonchev–Trinajstić information content (AvgIpc) is 2.78. The van der Waals surface area contributed by atoms with E-state index in [-0.39, 0.29) is 0 Å². The number of hydrogen-bond acceptors (Lipinski definition) is 3. The maximum absolute atomic E-state index is 5.71. The first-order valence-electron chi connectivity index (χ1n) is 6.35. The fourth-order valence-electron chi connectivity index (χ4n) is 1.87. The van der Waals surface area contributed by atoms with Crippen LogP contribution >= 0.6 is 0 Å². The van der Waals surface area contributed by atoms with E-state index in [4.69, 9.17) is 4.74 Å². The lowest BCUT2D eigenvalue weighted by Gasteiger charge is -2.07. The molecule has 0 fully saturated rings. The van der Waals surface area contributed by atoms with Crippen molar-refractivity contribution in [2.45, 2.75) is 33.2 Å². The highest BCUT2D eigenvalue weighted by Gasteiger charge is 2.03. The molecule has 2 rings (SSSR count). The monoisotopic (exact) mass is 245 g/mol. The molecule has 0 N–H and O–H groups in total. The molecule has 0 atom stereocenters. The summed E-state index contributed by atoms with van der Waals surface area (Å²) in [4.78, 5) is 0. The summed E-state index contributed by atoms with van der Waals surface area (Å²) in [7, 11) is 0. The maximum Gasteiger partial charge on any atom is 0.136 e. The summed E-state index contributed by atoms with van der Waals surface area (Å²) in [6.45, 7) is 5.80. The van der Waals surface area contributed by atoms with Crippen molar-refractivity contribution in [1.29, 1.82) is 0 Å². The van der Waals surface area contributed by atoms with Gasteiger partial charge in [-0.15, -0.1) is 10.2 Å². The van der Waals surface area contributed by atoms with Crippen molar-refractivity contribution in [3.8, 4) is 5.75 Å². The second-order valence-electron chi connectivity index (χ2n) is 4.36. The minimum atomic E-state index is 0.631. The molecule has 96 valence electrons. The van der Waals surface area contributed by atoms with Crippen LogP contribution in [-0.2, 0) is 13.0 Å². The summed E-state index contributed by atoms with van der Waals surface area (Å²) in [5, 5.41) is 8.05. The normalized spacial score (nSPS) is 10.6. The predicted molar refractivity (Wildman–Crippen MR) is 70.7 cm³/mol. The van der Waals surface area contributed by atoms with Crippen LogP contribution in [0.2, 0.25) is 0 Å². The number of benzene rings is 1. The zero-order chi connectivity index (χ0) is 12.8. The van der Waals surface area contributed by atoms with Crippen molar-refractivity contribution < 1.29 is 4.74 Å². The highest BCUT2D eigenvalue weighted by atomic mass is 16.5. The number of aromatic nitrogens is 3. The first-order valence-corrected chi connectivity index (χ1v) is 6.35. The Morgan fingerprint density at radius 3 is 3.00 bits per heavy atom. The van der Waals surface area contributed by atoms with Crippen LogP contribution in [0.1, 0.15) is 24.7 Å². The van der Waals surface area contributed by atoms with E-state index in [1.165, 1.54) is 5.56 Å². The third-order valence-electron chi connectivity index (χ3n) is 2.74. The highest BCUT2D eigenvalue weighted by molar-refractivity contribution is 5.27. The van der Waals surface area contributed by atoms with Crippen LogP contribution in [0, 0.1) is 6.92 Å². The zero-order valence-electron chi connectivity index (χ0n) is 11.0. The molecular weight excluding hydrogens is 226 g/mol. The summed E-state index contributed by atoms with van der Waals surface area (Å²) in [5.41, 5.74) is 1.21. The van der Waals surface area contributed by atoms with Gasteiger partial charge < -0.3 is 9.30 Å². The molecule has 0 unspecified atom stereocenters. The molecular formula is C14H19N3O. The minimum Gasteiger partial charge on any atom is -0.493 e. The van der Waals surface area contributed by atoms with Crippen molar-refractivity contribution in [1.82, 2.24) is 14.8 Å². The number of aryl methyl sites for hydroxylation is 2. The molecule has 4 heteroatoms. The lowest BCUT2D eigenvalue weighted by Crippen LogP contribution is -2.08. The molecule has 2 aromatic rings. The molecule has 0 saturated heterocycles. The molecule has 0 aliphatic heterocycles. The van der Waals surface area contributed by atoms with Crippen molar-refractivity contribution in [2.75, 3.05) is 6.61 Å². The van der Waals surface area contributed by atoms with E-state index in [1.54, 1.807) is 6.33 Å². The van der Waals surface area contributed by atoms with E-state index in [2.05, 4.69) is 34.7 Å². The molecule has 0 aliphatic rings. The number of rotatable bonds is 6. The summed E-state index contributed by atoms with van der Waals surface area (Å²) in [5.74, 6) is 1.90. The van der Waals surface area contributed by atoms with Gasteiger partial charge in [-0.2, -0.15) is 0 Å². The van der Waals surface area contributed by atoms with Gasteiger partial charge in [0.1, 0.15) is 17.9 Å². The standard InChI is InChI=1S/C14H19N3O/c1-3-8-17-11-15-16-14(17)7-9-18-13-6-4-5-12(2)10-13/h4-6,10-11H,3,7-9H2,1-2H3. The molecule has 1 heterocycles. The second-order valence-corrected chi connectivity index (χ2v) is 4.36. The molecule has 0 aliphatic carbocycles. The molecule has 4 nitrogen and oxygen atoms in total. The Balaban J connectivity index is 1.86. The number of nitrogens with zero attached hydrogens (tertiary/aromatic N) is 3. The van der Waals surface area contributed by atoms with Gasteiger partial charge in [0.25, 0.3) is 0 Å². The summed E-state index contributed by atoms with van der Waals surface area (Å²) >= 11 is 0. The molecule has 0 radical (unpaired) electrons. The van der Waals surface area contributed by atoms with Gasteiger partial charge in [-0.25, -0.2) is 0 Å². The average molecular weight is 245 g/mol. The van der Waals surface area contributed by atoms with E-state index < -0.39 is 0 Å². The second kappa shape index (κ2) is 6.19. The van der Waals surface area contributed by atoms with Crippen LogP contribution in [0.5, 0.6) is 5.75 Å². The van der Waals surface area contributed by atoms with Crippen molar-refractivity contribution in [3.63, 3.8) is 0 Å². The van der Waals surface area contributed by atoms with Gasteiger partial charge in [0.2, 0.25) is 0 Å². The van der Waals surface area contributed by atoms with Crippen LogP contribution in [0.15, 0.2) is 30.6 Å². The third kappa shape index (κ3) is 3.32. The van der Waals surface area contributed by atoms with E-state index in [9.17, 15) is 0 Å². The van der Waals surface area contributed by atoms with Gasteiger partial charge in [0.05, 0.1) is 6.61 Å².